The van der Waals surface area contributed by atoms with Gasteiger partial charge in [0.2, 0.25) is 0 Å². The van der Waals surface area contributed by atoms with Crippen molar-refractivity contribution in [2.75, 3.05) is 44.4 Å². The molecule has 0 spiro atoms. The van der Waals surface area contributed by atoms with Gasteiger partial charge in [-0.3, -0.25) is 0 Å². The molecule has 0 bridgehead atoms. The van der Waals surface area contributed by atoms with Gasteiger partial charge in [0.15, 0.2) is 0 Å². The monoisotopic (exact) mass is 266 g/mol. The maximum atomic E-state index is 5.72. The molecule has 0 aliphatic carbocycles. The second-order valence-corrected chi connectivity index (χ2v) is 5.11. The summed E-state index contributed by atoms with van der Waals surface area (Å²) in [6, 6.07) is 2.14. The van der Waals surface area contributed by atoms with E-state index in [1.807, 2.05) is 34.0 Å². The number of hydrogen-bond donors (Lipinski definition) is 3. The molecule has 4 N–H and O–H groups in total. The zero-order valence-corrected chi connectivity index (χ0v) is 12.4. The Morgan fingerprint density at radius 3 is 2.32 bits per heavy atom. The van der Waals surface area contributed by atoms with Gasteiger partial charge in [-0.1, -0.05) is 0 Å². The number of aryl methyl sites for hydroxylation is 1. The average Bonchev–Trinajstić information content (AvgIpc) is 2.27. The Morgan fingerprint density at radius 1 is 1.21 bits per heavy atom. The van der Waals surface area contributed by atoms with Crippen LogP contribution >= 0.6 is 0 Å². The van der Waals surface area contributed by atoms with E-state index in [0.717, 1.165) is 43.5 Å². The maximum absolute atomic E-state index is 5.72. The summed E-state index contributed by atoms with van der Waals surface area (Å²) in [6.45, 7) is 6.56. The summed E-state index contributed by atoms with van der Waals surface area (Å²) in [5, 5.41) is 6.57. The lowest BCUT2D eigenvalue weighted by molar-refractivity contribution is 0.425. The third kappa shape index (κ3) is 6.93. The molecule has 19 heavy (non-hydrogen) atoms. The molecule has 0 saturated heterocycles. The zero-order valence-electron chi connectivity index (χ0n) is 12.4. The van der Waals surface area contributed by atoms with Gasteiger partial charge in [0, 0.05) is 31.7 Å². The normalized spacial score (nSPS) is 12.5. The second kappa shape index (κ2) is 7.91. The Kier molecular flexibility index (Phi) is 6.52. The van der Waals surface area contributed by atoms with E-state index in [1.54, 1.807) is 0 Å². The zero-order chi connectivity index (χ0) is 14.3. The quantitative estimate of drug-likeness (QED) is 0.649. The lowest BCUT2D eigenvalue weighted by Gasteiger charge is -2.13. The van der Waals surface area contributed by atoms with Crippen LogP contribution in [0.3, 0.4) is 0 Å². The molecule has 1 heterocycles. The number of aromatic nitrogens is 2. The molecule has 0 saturated carbocycles. The summed E-state index contributed by atoms with van der Waals surface area (Å²) < 4.78 is 0. The first-order valence-electron chi connectivity index (χ1n) is 6.71. The molecule has 0 aliphatic rings. The van der Waals surface area contributed by atoms with Crippen LogP contribution in [0.15, 0.2) is 6.07 Å². The third-order valence-electron chi connectivity index (χ3n) is 2.61. The van der Waals surface area contributed by atoms with Crippen LogP contribution in [0.5, 0.6) is 0 Å². The first-order chi connectivity index (χ1) is 8.97. The minimum absolute atomic E-state index is 0.202. The average molecular weight is 266 g/mol. The SMILES string of the molecule is Cc1nc(NCCC(C)N)cc(NCCN(C)C)n1. The third-order valence-corrected chi connectivity index (χ3v) is 2.61. The van der Waals surface area contributed by atoms with E-state index >= 15 is 0 Å². The van der Waals surface area contributed by atoms with Crippen molar-refractivity contribution in [3.8, 4) is 0 Å². The van der Waals surface area contributed by atoms with Crippen LogP contribution in [0.1, 0.15) is 19.2 Å². The van der Waals surface area contributed by atoms with E-state index in [9.17, 15) is 0 Å². The topological polar surface area (TPSA) is 79.1 Å². The van der Waals surface area contributed by atoms with Crippen LogP contribution in [-0.4, -0.2) is 54.6 Å². The number of nitrogens with zero attached hydrogens (tertiary/aromatic N) is 3. The summed E-state index contributed by atoms with van der Waals surface area (Å²) in [7, 11) is 4.10. The number of anilines is 2. The summed E-state index contributed by atoms with van der Waals surface area (Å²) in [6.07, 6.45) is 0.923. The van der Waals surface area contributed by atoms with E-state index in [0.29, 0.717) is 0 Å². The highest BCUT2D eigenvalue weighted by molar-refractivity contribution is 5.47. The van der Waals surface area contributed by atoms with Gasteiger partial charge in [-0.15, -0.1) is 0 Å². The highest BCUT2D eigenvalue weighted by Crippen LogP contribution is 2.10. The molecule has 0 aromatic carbocycles. The van der Waals surface area contributed by atoms with Gasteiger partial charge in [0.1, 0.15) is 17.5 Å². The van der Waals surface area contributed by atoms with Gasteiger partial charge in [0.05, 0.1) is 0 Å². The van der Waals surface area contributed by atoms with E-state index in [1.165, 1.54) is 0 Å². The fourth-order valence-electron chi connectivity index (χ4n) is 1.58. The first-order valence-corrected chi connectivity index (χ1v) is 6.71. The molecule has 1 aromatic rings. The van der Waals surface area contributed by atoms with Gasteiger partial charge in [0.25, 0.3) is 0 Å². The minimum Gasteiger partial charge on any atom is -0.370 e. The molecular weight excluding hydrogens is 240 g/mol. The van der Waals surface area contributed by atoms with Gasteiger partial charge in [-0.05, 0) is 34.4 Å². The van der Waals surface area contributed by atoms with E-state index < -0.39 is 0 Å². The molecule has 1 aromatic heterocycles. The van der Waals surface area contributed by atoms with Crippen molar-refractivity contribution < 1.29 is 0 Å². The van der Waals surface area contributed by atoms with Crippen LogP contribution in [0, 0.1) is 6.92 Å². The van der Waals surface area contributed by atoms with Gasteiger partial charge in [-0.25, -0.2) is 9.97 Å². The van der Waals surface area contributed by atoms with Crippen LogP contribution in [-0.2, 0) is 0 Å². The molecule has 0 fully saturated rings. The number of nitrogens with one attached hydrogen (secondary N) is 2. The number of likely N-dealkylation sites (N-methyl/N-ethyl adjacent to an activating group) is 1. The summed E-state index contributed by atoms with van der Waals surface area (Å²) >= 11 is 0. The van der Waals surface area contributed by atoms with Crippen molar-refractivity contribution in [2.45, 2.75) is 26.3 Å². The standard InChI is InChI=1S/C13H26N6/c1-10(14)5-6-15-12-9-13(18-11(2)17-12)16-7-8-19(3)4/h9-10H,5-8,14H2,1-4H3,(H2,15,16,17,18). The second-order valence-electron chi connectivity index (χ2n) is 5.11. The smallest absolute Gasteiger partial charge is 0.131 e. The Hall–Kier alpha value is -1.40. The molecule has 1 rings (SSSR count). The van der Waals surface area contributed by atoms with E-state index in [2.05, 4.69) is 25.5 Å². The van der Waals surface area contributed by atoms with Crippen molar-refractivity contribution in [3.63, 3.8) is 0 Å². The maximum Gasteiger partial charge on any atom is 0.131 e. The molecule has 1 atom stereocenters. The molecule has 6 heteroatoms. The fraction of sp³-hybridized carbons (Fsp3) is 0.692. The summed E-state index contributed by atoms with van der Waals surface area (Å²) in [5.74, 6) is 2.47. The van der Waals surface area contributed by atoms with E-state index in [4.69, 9.17) is 5.73 Å². The molecule has 0 radical (unpaired) electrons. The molecular formula is C13H26N6. The highest BCUT2D eigenvalue weighted by Gasteiger charge is 2.02. The predicted octanol–water partition coefficient (Wildman–Crippen LogP) is 0.908. The number of hydrogen-bond acceptors (Lipinski definition) is 6. The first kappa shape index (κ1) is 15.7. The van der Waals surface area contributed by atoms with Crippen LogP contribution in [0.25, 0.3) is 0 Å². The minimum atomic E-state index is 0.202. The van der Waals surface area contributed by atoms with Crippen molar-refractivity contribution >= 4 is 11.6 Å². The van der Waals surface area contributed by atoms with Crippen LogP contribution in [0.2, 0.25) is 0 Å². The lowest BCUT2D eigenvalue weighted by Crippen LogP contribution is -2.21. The van der Waals surface area contributed by atoms with Gasteiger partial charge >= 0.3 is 0 Å². The van der Waals surface area contributed by atoms with E-state index in [-0.39, 0.29) is 6.04 Å². The Balaban J connectivity index is 2.51. The Labute approximate surface area is 115 Å². The molecule has 108 valence electrons. The predicted molar refractivity (Wildman–Crippen MR) is 80.6 cm³/mol. The van der Waals surface area contributed by atoms with Crippen molar-refractivity contribution in [1.82, 2.24) is 14.9 Å². The molecule has 0 amide bonds. The van der Waals surface area contributed by atoms with Gasteiger partial charge < -0.3 is 21.3 Å². The van der Waals surface area contributed by atoms with Crippen LogP contribution in [0.4, 0.5) is 11.6 Å². The number of rotatable bonds is 8. The molecule has 6 nitrogen and oxygen atoms in total. The summed E-state index contributed by atoms with van der Waals surface area (Å²) in [4.78, 5) is 10.9. The lowest BCUT2D eigenvalue weighted by atomic mass is 10.2. The van der Waals surface area contributed by atoms with Crippen molar-refractivity contribution in [1.29, 1.82) is 0 Å². The molecule has 0 aliphatic heterocycles. The summed E-state index contributed by atoms with van der Waals surface area (Å²) in [5.41, 5.74) is 5.72. The Morgan fingerprint density at radius 2 is 1.79 bits per heavy atom. The largest absolute Gasteiger partial charge is 0.370 e. The van der Waals surface area contributed by atoms with Crippen LogP contribution < -0.4 is 16.4 Å². The number of nitrogens with two attached hydrogens (primary N) is 1. The van der Waals surface area contributed by atoms with Gasteiger partial charge in [-0.2, -0.15) is 0 Å². The highest BCUT2D eigenvalue weighted by atomic mass is 15.1. The van der Waals surface area contributed by atoms with Crippen molar-refractivity contribution in [2.24, 2.45) is 5.73 Å². The fourth-order valence-corrected chi connectivity index (χ4v) is 1.58. The Bertz CT molecular complexity index is 345. The molecule has 1 unspecified atom stereocenters. The van der Waals surface area contributed by atoms with Crippen molar-refractivity contribution in [3.05, 3.63) is 11.9 Å².